The van der Waals surface area contributed by atoms with Crippen LogP contribution in [0.15, 0.2) is 30.5 Å². The van der Waals surface area contributed by atoms with Crippen LogP contribution in [0.25, 0.3) is 5.69 Å². The zero-order valence-corrected chi connectivity index (χ0v) is 11.9. The Kier molecular flexibility index (Phi) is 4.47. The van der Waals surface area contributed by atoms with E-state index >= 15 is 0 Å². The summed E-state index contributed by atoms with van der Waals surface area (Å²) in [5, 5.41) is 8.59. The second-order valence-corrected chi connectivity index (χ2v) is 4.63. The summed E-state index contributed by atoms with van der Waals surface area (Å²) in [6.07, 6.45) is 1.72. The van der Waals surface area contributed by atoms with Crippen LogP contribution in [0.2, 0.25) is 0 Å². The highest BCUT2D eigenvalue weighted by Gasteiger charge is 2.09. The lowest BCUT2D eigenvalue weighted by Gasteiger charge is -2.06. The number of carbonyl (C=O) groups excluding carboxylic acids is 1. The van der Waals surface area contributed by atoms with Crippen LogP contribution < -0.4 is 0 Å². The predicted molar refractivity (Wildman–Crippen MR) is 74.7 cm³/mol. The van der Waals surface area contributed by atoms with Gasteiger partial charge in [-0.2, -0.15) is 15.0 Å². The van der Waals surface area contributed by atoms with Crippen LogP contribution in [0.3, 0.4) is 0 Å². The maximum Gasteiger partial charge on any atom is 0.338 e. The molecule has 0 radical (unpaired) electrons. The number of aromatic nitrogens is 3. The molecule has 1 aromatic heterocycles. The summed E-state index contributed by atoms with van der Waals surface area (Å²) in [7, 11) is 3.95. The third-order valence-electron chi connectivity index (χ3n) is 2.61. The first-order valence-corrected chi connectivity index (χ1v) is 6.43. The standard InChI is InChI=1S/C14H18N4O2/c1-4-20-14(19)11-6-5-7-13(8-11)18-15-9-12(16-18)10-17(2)3/h5-9H,4,10H2,1-3H3. The smallest absolute Gasteiger partial charge is 0.338 e. The van der Waals surface area contributed by atoms with Crippen LogP contribution in [0.5, 0.6) is 0 Å². The van der Waals surface area contributed by atoms with Crippen molar-refractivity contribution in [3.63, 3.8) is 0 Å². The zero-order valence-electron chi connectivity index (χ0n) is 11.9. The van der Waals surface area contributed by atoms with E-state index in [1.165, 1.54) is 4.80 Å². The highest BCUT2D eigenvalue weighted by molar-refractivity contribution is 5.89. The van der Waals surface area contributed by atoms with Crippen LogP contribution >= 0.6 is 0 Å². The average molecular weight is 274 g/mol. The van der Waals surface area contributed by atoms with Crippen molar-refractivity contribution in [2.24, 2.45) is 0 Å². The SMILES string of the molecule is CCOC(=O)c1cccc(-n2ncc(CN(C)C)n2)c1. The fraction of sp³-hybridized carbons (Fsp3) is 0.357. The zero-order chi connectivity index (χ0) is 14.5. The van der Waals surface area contributed by atoms with Crippen LogP contribution in [0.1, 0.15) is 23.0 Å². The van der Waals surface area contributed by atoms with Crippen LogP contribution in [0.4, 0.5) is 0 Å². The third-order valence-corrected chi connectivity index (χ3v) is 2.61. The van der Waals surface area contributed by atoms with Crippen molar-refractivity contribution in [3.8, 4) is 5.69 Å². The summed E-state index contributed by atoms with van der Waals surface area (Å²) in [6.45, 7) is 2.86. The van der Waals surface area contributed by atoms with E-state index in [0.717, 1.165) is 17.9 Å². The van der Waals surface area contributed by atoms with Crippen LogP contribution in [0, 0.1) is 0 Å². The van der Waals surface area contributed by atoms with Crippen molar-refractivity contribution in [3.05, 3.63) is 41.7 Å². The topological polar surface area (TPSA) is 60.3 Å². The van der Waals surface area contributed by atoms with Gasteiger partial charge in [-0.3, -0.25) is 0 Å². The Bertz CT molecular complexity index is 592. The normalized spacial score (nSPS) is 10.8. The number of nitrogens with zero attached hydrogens (tertiary/aromatic N) is 4. The first-order chi connectivity index (χ1) is 9.60. The molecular weight excluding hydrogens is 256 g/mol. The molecule has 1 aromatic carbocycles. The molecule has 0 saturated heterocycles. The summed E-state index contributed by atoms with van der Waals surface area (Å²) < 4.78 is 4.98. The first kappa shape index (κ1) is 14.2. The minimum absolute atomic E-state index is 0.338. The summed E-state index contributed by atoms with van der Waals surface area (Å²) in [5.41, 5.74) is 2.10. The van der Waals surface area contributed by atoms with Crippen molar-refractivity contribution in [1.29, 1.82) is 0 Å². The van der Waals surface area contributed by atoms with Gasteiger partial charge in [-0.05, 0) is 39.2 Å². The fourth-order valence-corrected chi connectivity index (χ4v) is 1.79. The van der Waals surface area contributed by atoms with Gasteiger partial charge in [0.15, 0.2) is 0 Å². The molecule has 106 valence electrons. The van der Waals surface area contributed by atoms with Gasteiger partial charge < -0.3 is 9.64 Å². The van der Waals surface area contributed by atoms with Gasteiger partial charge in [0.05, 0.1) is 29.7 Å². The van der Waals surface area contributed by atoms with Gasteiger partial charge in [-0.1, -0.05) is 6.07 Å². The molecule has 20 heavy (non-hydrogen) atoms. The first-order valence-electron chi connectivity index (χ1n) is 6.43. The Labute approximate surface area is 118 Å². The molecular formula is C14H18N4O2. The lowest BCUT2D eigenvalue weighted by Crippen LogP contribution is -2.11. The maximum absolute atomic E-state index is 11.7. The second kappa shape index (κ2) is 6.29. The van der Waals surface area contributed by atoms with E-state index in [1.807, 2.05) is 25.1 Å². The predicted octanol–water partition coefficient (Wildman–Crippen LogP) is 1.51. The van der Waals surface area contributed by atoms with Gasteiger partial charge in [-0.15, -0.1) is 0 Å². The molecule has 0 saturated carbocycles. The number of carbonyl (C=O) groups is 1. The van der Waals surface area contributed by atoms with E-state index in [9.17, 15) is 4.79 Å². The van der Waals surface area contributed by atoms with Gasteiger partial charge in [0, 0.05) is 6.54 Å². The molecule has 0 N–H and O–H groups in total. The van der Waals surface area contributed by atoms with Crippen molar-refractivity contribution in [2.45, 2.75) is 13.5 Å². The minimum atomic E-state index is -0.338. The molecule has 1 heterocycles. The molecule has 0 amide bonds. The summed E-state index contributed by atoms with van der Waals surface area (Å²) in [6, 6.07) is 7.07. The number of hydrogen-bond acceptors (Lipinski definition) is 5. The number of esters is 1. The molecule has 0 atom stereocenters. The molecule has 6 nitrogen and oxygen atoms in total. The number of ether oxygens (including phenoxy) is 1. The molecule has 0 aliphatic rings. The largest absolute Gasteiger partial charge is 0.462 e. The van der Waals surface area contributed by atoms with Crippen molar-refractivity contribution in [1.82, 2.24) is 19.9 Å². The fourth-order valence-electron chi connectivity index (χ4n) is 1.79. The molecule has 6 heteroatoms. The van der Waals surface area contributed by atoms with E-state index < -0.39 is 0 Å². The Hall–Kier alpha value is -2.21. The van der Waals surface area contributed by atoms with Gasteiger partial charge in [0.2, 0.25) is 0 Å². The molecule has 0 bridgehead atoms. The van der Waals surface area contributed by atoms with E-state index in [2.05, 4.69) is 10.2 Å². The molecule has 0 spiro atoms. The van der Waals surface area contributed by atoms with Gasteiger partial charge >= 0.3 is 5.97 Å². The van der Waals surface area contributed by atoms with Crippen LogP contribution in [-0.4, -0.2) is 46.6 Å². The van der Waals surface area contributed by atoms with E-state index in [0.29, 0.717) is 12.2 Å². The lowest BCUT2D eigenvalue weighted by atomic mass is 10.2. The quantitative estimate of drug-likeness (QED) is 0.773. The molecule has 0 aliphatic heterocycles. The van der Waals surface area contributed by atoms with E-state index in [1.54, 1.807) is 31.3 Å². The third kappa shape index (κ3) is 3.42. The van der Waals surface area contributed by atoms with Crippen LogP contribution in [-0.2, 0) is 11.3 Å². The Morgan fingerprint density at radius 1 is 1.40 bits per heavy atom. The average Bonchev–Trinajstić information content (AvgIpc) is 2.87. The van der Waals surface area contributed by atoms with Crippen molar-refractivity contribution < 1.29 is 9.53 Å². The molecule has 2 aromatic rings. The molecule has 0 unspecified atom stereocenters. The second-order valence-electron chi connectivity index (χ2n) is 4.63. The van der Waals surface area contributed by atoms with Gasteiger partial charge in [-0.25, -0.2) is 4.79 Å². The molecule has 2 rings (SSSR count). The molecule has 0 aliphatic carbocycles. The highest BCUT2D eigenvalue weighted by Crippen LogP contribution is 2.10. The molecule has 0 fully saturated rings. The van der Waals surface area contributed by atoms with Gasteiger partial charge in [0.25, 0.3) is 0 Å². The van der Waals surface area contributed by atoms with E-state index in [4.69, 9.17) is 4.74 Å². The number of benzene rings is 1. The maximum atomic E-state index is 11.7. The number of hydrogen-bond donors (Lipinski definition) is 0. The minimum Gasteiger partial charge on any atom is -0.462 e. The van der Waals surface area contributed by atoms with Gasteiger partial charge in [0.1, 0.15) is 0 Å². The summed E-state index contributed by atoms with van der Waals surface area (Å²) >= 11 is 0. The summed E-state index contributed by atoms with van der Waals surface area (Å²) in [5.74, 6) is -0.338. The lowest BCUT2D eigenvalue weighted by molar-refractivity contribution is 0.0526. The highest BCUT2D eigenvalue weighted by atomic mass is 16.5. The Morgan fingerprint density at radius 2 is 2.20 bits per heavy atom. The van der Waals surface area contributed by atoms with Crippen molar-refractivity contribution in [2.75, 3.05) is 20.7 Å². The summed E-state index contributed by atoms with van der Waals surface area (Å²) in [4.78, 5) is 15.2. The number of rotatable bonds is 5. The van der Waals surface area contributed by atoms with Crippen molar-refractivity contribution >= 4 is 5.97 Å². The monoisotopic (exact) mass is 274 g/mol. The Morgan fingerprint density at radius 3 is 2.90 bits per heavy atom. The van der Waals surface area contributed by atoms with E-state index in [-0.39, 0.29) is 5.97 Å². The Balaban J connectivity index is 2.22.